The van der Waals surface area contributed by atoms with E-state index < -0.39 is 0 Å². The van der Waals surface area contributed by atoms with E-state index in [1.165, 1.54) is 32.1 Å². The van der Waals surface area contributed by atoms with Crippen molar-refractivity contribution >= 4 is 11.3 Å². The predicted octanol–water partition coefficient (Wildman–Crippen LogP) is 4.25. The topological polar surface area (TPSA) is 43.4 Å². The van der Waals surface area contributed by atoms with Gasteiger partial charge in [-0.2, -0.15) is 0 Å². The maximum Gasteiger partial charge on any atom is 0.131 e. The van der Waals surface area contributed by atoms with E-state index in [4.69, 9.17) is 9.47 Å². The van der Waals surface area contributed by atoms with Gasteiger partial charge in [-0.05, 0) is 25.0 Å². The summed E-state index contributed by atoms with van der Waals surface area (Å²) in [6.07, 6.45) is 8.62. The fraction of sp³-hybridized carbons (Fsp3) is 0.500. The highest BCUT2D eigenvalue weighted by atomic mass is 32.1. The first-order valence-corrected chi connectivity index (χ1v) is 9.02. The molecule has 0 spiro atoms. The van der Waals surface area contributed by atoms with Crippen LogP contribution in [0.4, 0.5) is 0 Å². The smallest absolute Gasteiger partial charge is 0.131 e. The summed E-state index contributed by atoms with van der Waals surface area (Å²) >= 11 is 1.72. The molecule has 4 nitrogen and oxygen atoms in total. The lowest BCUT2D eigenvalue weighted by Crippen LogP contribution is -2.30. The number of nitrogens with zero attached hydrogens (tertiary/aromatic N) is 1. The normalized spacial score (nSPS) is 15.6. The summed E-state index contributed by atoms with van der Waals surface area (Å²) in [5.41, 5.74) is 1.06. The molecule has 0 amide bonds. The quantitative estimate of drug-likeness (QED) is 0.859. The molecule has 23 heavy (non-hydrogen) atoms. The van der Waals surface area contributed by atoms with Crippen molar-refractivity contribution in [1.82, 2.24) is 10.3 Å². The van der Waals surface area contributed by atoms with Gasteiger partial charge in [-0.3, -0.25) is 0 Å². The third-order valence-electron chi connectivity index (χ3n) is 4.37. The minimum Gasteiger partial charge on any atom is -0.497 e. The number of aromatic nitrogens is 1. The Kier molecular flexibility index (Phi) is 5.51. The highest BCUT2D eigenvalue weighted by Crippen LogP contribution is 2.36. The van der Waals surface area contributed by atoms with Crippen LogP contribution in [0.15, 0.2) is 24.4 Å². The second kappa shape index (κ2) is 7.79. The Morgan fingerprint density at radius 3 is 2.74 bits per heavy atom. The molecule has 0 radical (unpaired) electrons. The fourth-order valence-electron chi connectivity index (χ4n) is 3.06. The summed E-state index contributed by atoms with van der Waals surface area (Å²) in [5, 5.41) is 4.77. The third-order valence-corrected chi connectivity index (χ3v) is 5.41. The Balaban J connectivity index is 1.68. The minimum atomic E-state index is 0.659. The first-order chi connectivity index (χ1) is 11.3. The zero-order valence-electron chi connectivity index (χ0n) is 13.8. The number of hydrogen-bond acceptors (Lipinski definition) is 5. The van der Waals surface area contributed by atoms with E-state index >= 15 is 0 Å². The van der Waals surface area contributed by atoms with E-state index in [2.05, 4.69) is 10.3 Å². The average Bonchev–Trinajstić information content (AvgIpc) is 3.09. The standard InChI is InChI=1S/C18H24N2O2S/c1-21-14-8-9-15(16(10-14)22-2)17-11-20-18(23-17)12-19-13-6-4-3-5-7-13/h8-11,13,19H,3-7,12H2,1-2H3. The molecule has 1 aromatic heterocycles. The fourth-order valence-corrected chi connectivity index (χ4v) is 3.96. The zero-order valence-corrected chi connectivity index (χ0v) is 14.6. The lowest BCUT2D eigenvalue weighted by atomic mass is 9.96. The molecule has 1 aliphatic carbocycles. The monoisotopic (exact) mass is 332 g/mol. The second-order valence-corrected chi connectivity index (χ2v) is 7.02. The van der Waals surface area contributed by atoms with Gasteiger partial charge in [-0.25, -0.2) is 4.98 Å². The molecule has 1 heterocycles. The Morgan fingerprint density at radius 1 is 1.17 bits per heavy atom. The van der Waals surface area contributed by atoms with Crippen LogP contribution in [0.3, 0.4) is 0 Å². The van der Waals surface area contributed by atoms with Crippen molar-refractivity contribution in [2.75, 3.05) is 14.2 Å². The second-order valence-electron chi connectivity index (χ2n) is 5.90. The van der Waals surface area contributed by atoms with Crippen LogP contribution in [-0.2, 0) is 6.54 Å². The molecular weight excluding hydrogens is 308 g/mol. The summed E-state index contributed by atoms with van der Waals surface area (Å²) < 4.78 is 10.7. The molecule has 1 saturated carbocycles. The van der Waals surface area contributed by atoms with Crippen LogP contribution >= 0.6 is 11.3 Å². The maximum atomic E-state index is 5.49. The minimum absolute atomic E-state index is 0.659. The molecule has 1 aromatic carbocycles. The van der Waals surface area contributed by atoms with E-state index in [1.54, 1.807) is 25.6 Å². The Bertz CT molecular complexity index is 636. The molecule has 1 fully saturated rings. The SMILES string of the molecule is COc1ccc(-c2cnc(CNC3CCCCC3)s2)c(OC)c1. The van der Waals surface area contributed by atoms with Crippen molar-refractivity contribution in [3.8, 4) is 21.9 Å². The molecule has 1 aliphatic rings. The predicted molar refractivity (Wildman–Crippen MR) is 94.4 cm³/mol. The van der Waals surface area contributed by atoms with Crippen LogP contribution in [0.5, 0.6) is 11.5 Å². The van der Waals surface area contributed by atoms with Gasteiger partial charge in [-0.1, -0.05) is 19.3 Å². The summed E-state index contributed by atoms with van der Waals surface area (Å²) in [4.78, 5) is 5.69. The van der Waals surface area contributed by atoms with Crippen molar-refractivity contribution in [3.63, 3.8) is 0 Å². The summed E-state index contributed by atoms with van der Waals surface area (Å²) in [6.45, 7) is 0.855. The number of benzene rings is 1. The number of rotatable bonds is 6. The third kappa shape index (κ3) is 4.03. The van der Waals surface area contributed by atoms with E-state index in [9.17, 15) is 0 Å². The molecule has 0 aliphatic heterocycles. The zero-order chi connectivity index (χ0) is 16.1. The van der Waals surface area contributed by atoms with Crippen molar-refractivity contribution in [1.29, 1.82) is 0 Å². The number of methoxy groups -OCH3 is 2. The lowest BCUT2D eigenvalue weighted by Gasteiger charge is -2.22. The highest BCUT2D eigenvalue weighted by Gasteiger charge is 2.14. The maximum absolute atomic E-state index is 5.49. The molecular formula is C18H24N2O2S. The average molecular weight is 332 g/mol. The summed E-state index contributed by atoms with van der Waals surface area (Å²) in [5.74, 6) is 1.62. The van der Waals surface area contributed by atoms with Gasteiger partial charge in [-0.15, -0.1) is 11.3 Å². The van der Waals surface area contributed by atoms with Gasteiger partial charge in [0.25, 0.3) is 0 Å². The van der Waals surface area contributed by atoms with Gasteiger partial charge in [0.2, 0.25) is 0 Å². The Hall–Kier alpha value is -1.59. The van der Waals surface area contributed by atoms with Crippen molar-refractivity contribution in [2.45, 2.75) is 44.7 Å². The molecule has 0 unspecified atom stereocenters. The van der Waals surface area contributed by atoms with Gasteiger partial charge in [0.15, 0.2) is 0 Å². The molecule has 2 aromatic rings. The van der Waals surface area contributed by atoms with Crippen LogP contribution in [-0.4, -0.2) is 25.2 Å². The number of hydrogen-bond donors (Lipinski definition) is 1. The van der Waals surface area contributed by atoms with Gasteiger partial charge in [0, 0.05) is 30.4 Å². The molecule has 3 rings (SSSR count). The number of nitrogens with one attached hydrogen (secondary N) is 1. The van der Waals surface area contributed by atoms with Crippen LogP contribution in [0, 0.1) is 0 Å². The molecule has 0 bridgehead atoms. The Labute approximate surface area is 141 Å². The van der Waals surface area contributed by atoms with Crippen molar-refractivity contribution < 1.29 is 9.47 Å². The van der Waals surface area contributed by atoms with Gasteiger partial charge in [0.05, 0.1) is 19.1 Å². The number of ether oxygens (including phenoxy) is 2. The van der Waals surface area contributed by atoms with Crippen molar-refractivity contribution in [3.05, 3.63) is 29.4 Å². The lowest BCUT2D eigenvalue weighted by molar-refractivity contribution is 0.372. The molecule has 1 N–H and O–H groups in total. The van der Waals surface area contributed by atoms with Crippen LogP contribution in [0.25, 0.3) is 10.4 Å². The largest absolute Gasteiger partial charge is 0.497 e. The highest BCUT2D eigenvalue weighted by molar-refractivity contribution is 7.15. The first-order valence-electron chi connectivity index (χ1n) is 8.20. The van der Waals surface area contributed by atoms with Gasteiger partial charge in [0.1, 0.15) is 16.5 Å². The van der Waals surface area contributed by atoms with Gasteiger partial charge < -0.3 is 14.8 Å². The molecule has 0 atom stereocenters. The Morgan fingerprint density at radius 2 is 2.00 bits per heavy atom. The van der Waals surface area contributed by atoms with E-state index in [-0.39, 0.29) is 0 Å². The van der Waals surface area contributed by atoms with Crippen LogP contribution in [0.1, 0.15) is 37.1 Å². The summed E-state index contributed by atoms with van der Waals surface area (Å²) in [7, 11) is 3.35. The number of thiazole rings is 1. The first kappa shape index (κ1) is 16.3. The van der Waals surface area contributed by atoms with Crippen LogP contribution < -0.4 is 14.8 Å². The molecule has 124 valence electrons. The van der Waals surface area contributed by atoms with E-state index in [0.717, 1.165) is 33.5 Å². The molecule has 5 heteroatoms. The summed E-state index contributed by atoms with van der Waals surface area (Å²) in [6, 6.07) is 6.56. The van der Waals surface area contributed by atoms with E-state index in [1.807, 2.05) is 24.4 Å². The molecule has 0 saturated heterocycles. The van der Waals surface area contributed by atoms with Crippen molar-refractivity contribution in [2.24, 2.45) is 0 Å². The van der Waals surface area contributed by atoms with Gasteiger partial charge >= 0.3 is 0 Å². The van der Waals surface area contributed by atoms with E-state index in [0.29, 0.717) is 6.04 Å². The van der Waals surface area contributed by atoms with Crippen LogP contribution in [0.2, 0.25) is 0 Å².